The van der Waals surface area contributed by atoms with Crippen molar-refractivity contribution in [1.82, 2.24) is 5.01 Å². The van der Waals surface area contributed by atoms with Crippen molar-refractivity contribution in [3.63, 3.8) is 0 Å². The highest BCUT2D eigenvalue weighted by atomic mass is 79.9. The van der Waals surface area contributed by atoms with E-state index in [2.05, 4.69) is 57.5 Å². The first-order chi connectivity index (χ1) is 10.8. The molecule has 2 atom stereocenters. The summed E-state index contributed by atoms with van der Waals surface area (Å²) in [5, 5.41) is 9.19. The van der Waals surface area contributed by atoms with Crippen LogP contribution in [0.25, 0.3) is 0 Å². The first-order valence-corrected chi connectivity index (χ1v) is 9.29. The zero-order valence-corrected chi connectivity index (χ0v) is 14.7. The van der Waals surface area contributed by atoms with Crippen LogP contribution in [0.3, 0.4) is 0 Å². The first-order valence-electron chi connectivity index (χ1n) is 7.62. The molecule has 22 heavy (non-hydrogen) atoms. The standard InChI is InChI=1S/C17H17BrN2OS/c1-2-4-17-20-14(10-13(19-20)16-5-3-8-22-16)12-9-11(18)6-7-15(12)21-17/h3,5-9,14,17H,2,4,10H2,1H3/t14-,17-/m1/s1. The van der Waals surface area contributed by atoms with E-state index < -0.39 is 0 Å². The molecular weight excluding hydrogens is 360 g/mol. The smallest absolute Gasteiger partial charge is 0.187 e. The third-order valence-electron chi connectivity index (χ3n) is 4.17. The average Bonchev–Trinajstić information content (AvgIpc) is 3.17. The second-order valence-corrected chi connectivity index (χ2v) is 7.53. The fraction of sp³-hybridized carbons (Fsp3) is 0.353. The summed E-state index contributed by atoms with van der Waals surface area (Å²) in [6.45, 7) is 2.19. The van der Waals surface area contributed by atoms with Gasteiger partial charge in [-0.25, -0.2) is 0 Å². The minimum Gasteiger partial charge on any atom is -0.469 e. The molecule has 0 fully saturated rings. The molecule has 0 N–H and O–H groups in total. The molecule has 0 spiro atoms. The summed E-state index contributed by atoms with van der Waals surface area (Å²) in [6, 6.07) is 10.8. The predicted molar refractivity (Wildman–Crippen MR) is 93.5 cm³/mol. The second-order valence-electron chi connectivity index (χ2n) is 5.67. The van der Waals surface area contributed by atoms with Crippen LogP contribution in [0.15, 0.2) is 45.3 Å². The van der Waals surface area contributed by atoms with Gasteiger partial charge < -0.3 is 4.74 Å². The van der Waals surface area contributed by atoms with Crippen LogP contribution >= 0.6 is 27.3 Å². The molecule has 3 heterocycles. The number of halogens is 1. The summed E-state index contributed by atoms with van der Waals surface area (Å²) in [7, 11) is 0. The van der Waals surface area contributed by atoms with Crippen LogP contribution in [0.4, 0.5) is 0 Å². The maximum Gasteiger partial charge on any atom is 0.187 e. The lowest BCUT2D eigenvalue weighted by atomic mass is 9.98. The van der Waals surface area contributed by atoms with Gasteiger partial charge >= 0.3 is 0 Å². The van der Waals surface area contributed by atoms with E-state index in [1.165, 1.54) is 16.2 Å². The quantitative estimate of drug-likeness (QED) is 0.736. The average molecular weight is 377 g/mol. The number of benzene rings is 1. The van der Waals surface area contributed by atoms with Gasteiger partial charge in [-0.2, -0.15) is 5.10 Å². The van der Waals surface area contributed by atoms with Crippen LogP contribution in [0.1, 0.15) is 42.7 Å². The Kier molecular flexibility index (Phi) is 3.70. The van der Waals surface area contributed by atoms with Crippen molar-refractivity contribution in [3.05, 3.63) is 50.6 Å². The van der Waals surface area contributed by atoms with Gasteiger partial charge in [-0.05, 0) is 29.6 Å². The molecular formula is C17H17BrN2OS. The van der Waals surface area contributed by atoms with Gasteiger partial charge in [0.05, 0.1) is 16.6 Å². The van der Waals surface area contributed by atoms with Crippen molar-refractivity contribution in [2.45, 2.75) is 38.5 Å². The molecule has 1 aromatic carbocycles. The lowest BCUT2D eigenvalue weighted by Gasteiger charge is -2.38. The number of hydrazone groups is 1. The van der Waals surface area contributed by atoms with E-state index in [9.17, 15) is 0 Å². The largest absolute Gasteiger partial charge is 0.469 e. The van der Waals surface area contributed by atoms with Crippen molar-refractivity contribution in [2.24, 2.45) is 5.10 Å². The van der Waals surface area contributed by atoms with E-state index >= 15 is 0 Å². The van der Waals surface area contributed by atoms with Crippen LogP contribution in [-0.2, 0) is 0 Å². The van der Waals surface area contributed by atoms with Crippen molar-refractivity contribution in [3.8, 4) is 5.75 Å². The molecule has 0 unspecified atom stereocenters. The molecule has 2 aromatic rings. The van der Waals surface area contributed by atoms with Crippen molar-refractivity contribution in [2.75, 3.05) is 0 Å². The van der Waals surface area contributed by atoms with E-state index in [0.717, 1.165) is 29.5 Å². The summed E-state index contributed by atoms with van der Waals surface area (Å²) in [4.78, 5) is 1.26. The summed E-state index contributed by atoms with van der Waals surface area (Å²) < 4.78 is 7.30. The highest BCUT2D eigenvalue weighted by Gasteiger charge is 2.39. The summed E-state index contributed by atoms with van der Waals surface area (Å²) in [5.74, 6) is 1.01. The Balaban J connectivity index is 1.74. The molecule has 4 rings (SSSR count). The van der Waals surface area contributed by atoms with Gasteiger partial charge in [0, 0.05) is 22.9 Å². The van der Waals surface area contributed by atoms with E-state index in [-0.39, 0.29) is 12.3 Å². The molecule has 1 aromatic heterocycles. The van der Waals surface area contributed by atoms with Crippen LogP contribution in [0.2, 0.25) is 0 Å². The minimum absolute atomic E-state index is 0.0427. The number of nitrogens with zero attached hydrogens (tertiary/aromatic N) is 2. The second kappa shape index (κ2) is 5.70. The lowest BCUT2D eigenvalue weighted by molar-refractivity contribution is -0.0223. The van der Waals surface area contributed by atoms with Gasteiger partial charge in [-0.3, -0.25) is 5.01 Å². The molecule has 0 radical (unpaired) electrons. The minimum atomic E-state index is 0.0427. The van der Waals surface area contributed by atoms with Gasteiger partial charge in [0.2, 0.25) is 0 Å². The van der Waals surface area contributed by atoms with Crippen LogP contribution in [0.5, 0.6) is 5.75 Å². The molecule has 3 nitrogen and oxygen atoms in total. The topological polar surface area (TPSA) is 24.8 Å². The Bertz CT molecular complexity index is 713. The third-order valence-corrected chi connectivity index (χ3v) is 5.58. The molecule has 0 saturated heterocycles. The summed E-state index contributed by atoms with van der Waals surface area (Å²) in [5.41, 5.74) is 2.41. The van der Waals surface area contributed by atoms with Gasteiger partial charge in [0.25, 0.3) is 0 Å². The number of fused-ring (bicyclic) bond motifs is 3. The van der Waals surface area contributed by atoms with Crippen molar-refractivity contribution < 1.29 is 4.74 Å². The van der Waals surface area contributed by atoms with Gasteiger partial charge in [0.1, 0.15) is 5.75 Å². The van der Waals surface area contributed by atoms with Gasteiger partial charge in [0.15, 0.2) is 6.23 Å². The first kappa shape index (κ1) is 14.3. The molecule has 2 aliphatic rings. The highest BCUT2D eigenvalue weighted by molar-refractivity contribution is 9.10. The van der Waals surface area contributed by atoms with Crippen molar-refractivity contribution in [1.29, 1.82) is 0 Å². The Morgan fingerprint density at radius 1 is 1.41 bits per heavy atom. The molecule has 5 heteroatoms. The number of hydrogen-bond acceptors (Lipinski definition) is 4. The number of hydrogen-bond donors (Lipinski definition) is 0. The molecule has 114 valence electrons. The Morgan fingerprint density at radius 3 is 3.09 bits per heavy atom. The van der Waals surface area contributed by atoms with Crippen molar-refractivity contribution >= 4 is 33.0 Å². The lowest BCUT2D eigenvalue weighted by Crippen LogP contribution is -2.40. The Hall–Kier alpha value is -1.33. The third kappa shape index (κ3) is 2.36. The molecule has 0 amide bonds. The summed E-state index contributed by atoms with van der Waals surface area (Å²) in [6.07, 6.45) is 3.07. The zero-order chi connectivity index (χ0) is 15.1. The molecule has 2 aliphatic heterocycles. The predicted octanol–water partition coefficient (Wildman–Crippen LogP) is 5.18. The van der Waals surface area contributed by atoms with Crippen LogP contribution < -0.4 is 4.74 Å². The monoisotopic (exact) mass is 376 g/mol. The van der Waals surface area contributed by atoms with Gasteiger partial charge in [-0.15, -0.1) is 11.3 Å². The Morgan fingerprint density at radius 2 is 2.32 bits per heavy atom. The van der Waals surface area contributed by atoms with Crippen LogP contribution in [0, 0.1) is 0 Å². The molecule has 0 saturated carbocycles. The molecule has 0 bridgehead atoms. The molecule has 0 aliphatic carbocycles. The van der Waals surface area contributed by atoms with Gasteiger partial charge in [-0.1, -0.05) is 35.3 Å². The van der Waals surface area contributed by atoms with E-state index in [1.807, 2.05) is 6.07 Å². The normalized spacial score (nSPS) is 22.8. The van der Waals surface area contributed by atoms with E-state index in [1.54, 1.807) is 11.3 Å². The zero-order valence-electron chi connectivity index (χ0n) is 12.3. The number of rotatable bonds is 3. The Labute approximate surface area is 142 Å². The summed E-state index contributed by atoms with van der Waals surface area (Å²) >= 11 is 5.33. The fourth-order valence-corrected chi connectivity index (χ4v) is 4.26. The SMILES string of the molecule is CCC[C@H]1Oc2ccc(Br)cc2[C@H]2CC(c3cccs3)=NN21. The maximum atomic E-state index is 6.21. The number of thiophene rings is 1. The van der Waals surface area contributed by atoms with Crippen LogP contribution in [-0.4, -0.2) is 16.9 Å². The highest BCUT2D eigenvalue weighted by Crippen LogP contribution is 2.44. The van der Waals surface area contributed by atoms with E-state index in [0.29, 0.717) is 0 Å². The van der Waals surface area contributed by atoms with E-state index in [4.69, 9.17) is 9.84 Å². The fourth-order valence-electron chi connectivity index (χ4n) is 3.16. The maximum absolute atomic E-state index is 6.21. The number of ether oxygens (including phenoxy) is 1.